The van der Waals surface area contributed by atoms with E-state index in [1.54, 1.807) is 0 Å². The average molecular weight is 293 g/mol. The third-order valence-corrected chi connectivity index (χ3v) is 2.80. The lowest BCUT2D eigenvalue weighted by molar-refractivity contribution is 0.269. The molecule has 0 fully saturated rings. The number of nitriles is 1. The van der Waals surface area contributed by atoms with Gasteiger partial charge in [-0.05, 0) is 12.1 Å². The fraction of sp³-hybridized carbons (Fsp3) is 0.182. The third-order valence-electron chi connectivity index (χ3n) is 2.27. The lowest BCUT2D eigenvalue weighted by Crippen LogP contribution is -2.06. The molecule has 0 spiro atoms. The van der Waals surface area contributed by atoms with Crippen LogP contribution >= 0.6 is 15.9 Å². The maximum absolute atomic E-state index is 8.98. The lowest BCUT2D eigenvalue weighted by atomic mass is 10.1. The molecule has 0 radical (unpaired) electrons. The van der Waals surface area contributed by atoms with Crippen molar-refractivity contribution in [3.05, 3.63) is 34.4 Å². The molecule has 0 bridgehead atoms. The Kier molecular flexibility index (Phi) is 3.52. The summed E-state index contributed by atoms with van der Waals surface area (Å²) in [7, 11) is 0. The molecule has 1 aromatic carbocycles. The zero-order chi connectivity index (χ0) is 12.3. The highest BCUT2D eigenvalue weighted by atomic mass is 79.9. The van der Waals surface area contributed by atoms with Crippen LogP contribution in [-0.2, 0) is 6.54 Å². The van der Waals surface area contributed by atoms with Gasteiger partial charge in [-0.3, -0.25) is 0 Å². The summed E-state index contributed by atoms with van der Waals surface area (Å²) in [5, 5.41) is 25.5. The van der Waals surface area contributed by atoms with Crippen LogP contribution in [0.4, 0.5) is 0 Å². The van der Waals surface area contributed by atoms with Crippen LogP contribution in [-0.4, -0.2) is 26.7 Å². The van der Waals surface area contributed by atoms with Crippen molar-refractivity contribution in [2.75, 3.05) is 6.61 Å². The van der Waals surface area contributed by atoms with Crippen molar-refractivity contribution in [1.29, 1.82) is 5.26 Å². The van der Waals surface area contributed by atoms with Crippen molar-refractivity contribution < 1.29 is 5.11 Å². The van der Waals surface area contributed by atoms with E-state index in [0.717, 1.165) is 10.0 Å². The summed E-state index contributed by atoms with van der Waals surface area (Å²) in [5.41, 5.74) is 1.75. The topological polar surface area (TPSA) is 74.7 Å². The van der Waals surface area contributed by atoms with Gasteiger partial charge >= 0.3 is 0 Å². The van der Waals surface area contributed by atoms with Crippen molar-refractivity contribution in [3.8, 4) is 17.3 Å². The molecule has 0 aliphatic carbocycles. The van der Waals surface area contributed by atoms with E-state index in [-0.39, 0.29) is 12.3 Å². The maximum atomic E-state index is 8.98. The van der Waals surface area contributed by atoms with Gasteiger partial charge in [-0.2, -0.15) is 5.26 Å². The molecule has 1 N–H and O–H groups in total. The SMILES string of the molecule is N#Cc1nnn(CCO)c1-c1ccc(Br)cc1. The van der Waals surface area contributed by atoms with Gasteiger partial charge in [0.25, 0.3) is 0 Å². The predicted molar refractivity (Wildman–Crippen MR) is 65.0 cm³/mol. The van der Waals surface area contributed by atoms with Gasteiger partial charge in [0.15, 0.2) is 5.69 Å². The molecule has 0 saturated carbocycles. The Morgan fingerprint density at radius 1 is 1.35 bits per heavy atom. The second-order valence-corrected chi connectivity index (χ2v) is 4.27. The Morgan fingerprint density at radius 3 is 2.65 bits per heavy atom. The summed E-state index contributed by atoms with van der Waals surface area (Å²) >= 11 is 3.35. The number of benzene rings is 1. The number of halogens is 1. The first kappa shape index (κ1) is 11.8. The van der Waals surface area contributed by atoms with Crippen LogP contribution in [0.25, 0.3) is 11.3 Å². The summed E-state index contributed by atoms with van der Waals surface area (Å²) in [6.45, 7) is 0.276. The molecule has 2 aromatic rings. The number of aliphatic hydroxyl groups excluding tert-OH is 1. The van der Waals surface area contributed by atoms with Crippen LogP contribution in [0.15, 0.2) is 28.7 Å². The van der Waals surface area contributed by atoms with E-state index in [2.05, 4.69) is 26.2 Å². The summed E-state index contributed by atoms with van der Waals surface area (Å²) in [6.07, 6.45) is 0. The largest absolute Gasteiger partial charge is 0.394 e. The van der Waals surface area contributed by atoms with Crippen LogP contribution in [0, 0.1) is 11.3 Å². The van der Waals surface area contributed by atoms with Crippen molar-refractivity contribution in [1.82, 2.24) is 15.0 Å². The van der Waals surface area contributed by atoms with Gasteiger partial charge in [-0.25, -0.2) is 4.68 Å². The Labute approximate surface area is 106 Å². The van der Waals surface area contributed by atoms with E-state index >= 15 is 0 Å². The molecule has 0 saturated heterocycles. The number of hydrogen-bond donors (Lipinski definition) is 1. The molecule has 2 rings (SSSR count). The van der Waals surface area contributed by atoms with E-state index in [1.165, 1.54) is 4.68 Å². The van der Waals surface area contributed by atoms with Crippen molar-refractivity contribution >= 4 is 15.9 Å². The fourth-order valence-electron chi connectivity index (χ4n) is 1.53. The quantitative estimate of drug-likeness (QED) is 0.932. The van der Waals surface area contributed by atoms with E-state index in [4.69, 9.17) is 10.4 Å². The Morgan fingerprint density at radius 2 is 2.06 bits per heavy atom. The second-order valence-electron chi connectivity index (χ2n) is 3.35. The third kappa shape index (κ3) is 2.35. The highest BCUT2D eigenvalue weighted by molar-refractivity contribution is 9.10. The highest BCUT2D eigenvalue weighted by Gasteiger charge is 2.14. The molecule has 0 atom stereocenters. The van der Waals surface area contributed by atoms with Gasteiger partial charge in [0.05, 0.1) is 13.2 Å². The Hall–Kier alpha value is -1.71. The van der Waals surface area contributed by atoms with Crippen LogP contribution in [0.2, 0.25) is 0 Å². The monoisotopic (exact) mass is 292 g/mol. The minimum Gasteiger partial charge on any atom is -0.394 e. The average Bonchev–Trinajstić information content (AvgIpc) is 2.74. The van der Waals surface area contributed by atoms with Crippen LogP contribution in [0.1, 0.15) is 5.69 Å². The standard InChI is InChI=1S/C11H9BrN4O/c12-9-3-1-8(2-4-9)11-10(7-13)14-15-16(11)5-6-17/h1-4,17H,5-6H2. The summed E-state index contributed by atoms with van der Waals surface area (Å²) in [6, 6.07) is 9.51. The molecule has 1 aromatic heterocycles. The first-order valence-electron chi connectivity index (χ1n) is 4.96. The molecule has 17 heavy (non-hydrogen) atoms. The van der Waals surface area contributed by atoms with E-state index in [0.29, 0.717) is 12.2 Å². The number of rotatable bonds is 3. The highest BCUT2D eigenvalue weighted by Crippen LogP contribution is 2.23. The summed E-state index contributed by atoms with van der Waals surface area (Å²) in [5.74, 6) is 0. The zero-order valence-corrected chi connectivity index (χ0v) is 10.4. The molecule has 1 heterocycles. The number of aliphatic hydroxyl groups is 1. The van der Waals surface area contributed by atoms with Crippen LogP contribution in [0.5, 0.6) is 0 Å². The van der Waals surface area contributed by atoms with E-state index in [1.807, 2.05) is 30.3 Å². The minimum absolute atomic E-state index is 0.0439. The molecule has 86 valence electrons. The van der Waals surface area contributed by atoms with E-state index in [9.17, 15) is 0 Å². The van der Waals surface area contributed by atoms with Gasteiger partial charge < -0.3 is 5.11 Å². The molecule has 6 heteroatoms. The van der Waals surface area contributed by atoms with Crippen LogP contribution < -0.4 is 0 Å². The van der Waals surface area contributed by atoms with Crippen molar-refractivity contribution in [3.63, 3.8) is 0 Å². The van der Waals surface area contributed by atoms with Gasteiger partial charge in [-0.15, -0.1) is 5.10 Å². The molecule has 5 nitrogen and oxygen atoms in total. The first-order chi connectivity index (χ1) is 8.26. The van der Waals surface area contributed by atoms with Gasteiger partial charge in [0.2, 0.25) is 0 Å². The Bertz CT molecular complexity index is 556. The first-order valence-corrected chi connectivity index (χ1v) is 5.76. The van der Waals surface area contributed by atoms with Crippen molar-refractivity contribution in [2.24, 2.45) is 0 Å². The lowest BCUT2D eigenvalue weighted by Gasteiger charge is -2.04. The summed E-state index contributed by atoms with van der Waals surface area (Å²) < 4.78 is 2.49. The molecular formula is C11H9BrN4O. The second kappa shape index (κ2) is 5.08. The van der Waals surface area contributed by atoms with Gasteiger partial charge in [-0.1, -0.05) is 33.3 Å². The van der Waals surface area contributed by atoms with Crippen molar-refractivity contribution in [2.45, 2.75) is 6.54 Å². The van der Waals surface area contributed by atoms with Crippen LogP contribution in [0.3, 0.4) is 0 Å². The molecule has 0 amide bonds. The van der Waals surface area contributed by atoms with Gasteiger partial charge in [0.1, 0.15) is 11.8 Å². The number of hydrogen-bond acceptors (Lipinski definition) is 4. The normalized spacial score (nSPS) is 10.2. The molecule has 0 aliphatic rings. The summed E-state index contributed by atoms with van der Waals surface area (Å²) in [4.78, 5) is 0. The predicted octanol–water partition coefficient (Wildman–Crippen LogP) is 1.57. The molecule has 0 unspecified atom stereocenters. The fourth-order valence-corrected chi connectivity index (χ4v) is 1.80. The minimum atomic E-state index is -0.0439. The smallest absolute Gasteiger partial charge is 0.190 e. The zero-order valence-electron chi connectivity index (χ0n) is 8.84. The molecular weight excluding hydrogens is 284 g/mol. The van der Waals surface area contributed by atoms with Gasteiger partial charge in [0, 0.05) is 10.0 Å². The Balaban J connectivity index is 2.52. The number of aromatic nitrogens is 3. The molecule has 0 aliphatic heterocycles. The van der Waals surface area contributed by atoms with E-state index < -0.39 is 0 Å². The number of nitrogens with zero attached hydrogens (tertiary/aromatic N) is 4. The maximum Gasteiger partial charge on any atom is 0.190 e.